The molecule has 0 radical (unpaired) electrons. The zero-order valence-electron chi connectivity index (χ0n) is 15.0. The number of nitrogens with two attached hydrogens (primary N) is 1. The number of aromatic nitrogens is 1. The predicted molar refractivity (Wildman–Crippen MR) is 107 cm³/mol. The number of primary sulfonamides is 1. The number of rotatable bonds is 7. The monoisotopic (exact) mass is 417 g/mol. The second-order valence-corrected chi connectivity index (χ2v) is 8.38. The van der Waals surface area contributed by atoms with Crippen LogP contribution in [0.5, 0.6) is 5.75 Å². The summed E-state index contributed by atoms with van der Waals surface area (Å²) in [5.74, 6) is 0.408. The van der Waals surface area contributed by atoms with Crippen molar-refractivity contribution in [1.82, 2.24) is 10.3 Å². The van der Waals surface area contributed by atoms with Crippen molar-refractivity contribution in [2.45, 2.75) is 24.5 Å². The molecular formula is C19H19N3O4S2. The van der Waals surface area contributed by atoms with Gasteiger partial charge in [-0.2, -0.15) is 0 Å². The number of ether oxygens (including phenoxy) is 1. The Morgan fingerprint density at radius 2 is 1.86 bits per heavy atom. The molecule has 1 amide bonds. The first-order valence-electron chi connectivity index (χ1n) is 8.36. The van der Waals surface area contributed by atoms with Gasteiger partial charge < -0.3 is 10.1 Å². The highest BCUT2D eigenvalue weighted by Crippen LogP contribution is 2.18. The van der Waals surface area contributed by atoms with Crippen molar-refractivity contribution in [3.8, 4) is 5.75 Å². The number of benzene rings is 2. The number of amides is 1. The molecule has 3 rings (SSSR count). The summed E-state index contributed by atoms with van der Waals surface area (Å²) in [7, 11) is -3.74. The molecule has 1 heterocycles. The normalized spacial score (nSPS) is 12.4. The average molecular weight is 418 g/mol. The first-order chi connectivity index (χ1) is 13.3. The van der Waals surface area contributed by atoms with Crippen molar-refractivity contribution in [2.75, 3.05) is 0 Å². The summed E-state index contributed by atoms with van der Waals surface area (Å²) in [5, 5.41) is 9.88. The number of hydrogen-bond donors (Lipinski definition) is 2. The van der Waals surface area contributed by atoms with Crippen LogP contribution in [-0.2, 0) is 16.6 Å². The van der Waals surface area contributed by atoms with Crippen LogP contribution in [0.25, 0.3) is 0 Å². The van der Waals surface area contributed by atoms with Crippen LogP contribution < -0.4 is 15.2 Å². The van der Waals surface area contributed by atoms with Gasteiger partial charge in [-0.3, -0.25) is 4.79 Å². The van der Waals surface area contributed by atoms with Crippen LogP contribution in [0.3, 0.4) is 0 Å². The molecule has 0 saturated heterocycles. The molecule has 0 bridgehead atoms. The topological polar surface area (TPSA) is 111 Å². The van der Waals surface area contributed by atoms with Gasteiger partial charge in [0.15, 0.2) is 0 Å². The maximum Gasteiger partial charge on any atom is 0.251 e. The van der Waals surface area contributed by atoms with Gasteiger partial charge in [-0.1, -0.05) is 12.1 Å². The van der Waals surface area contributed by atoms with Gasteiger partial charge >= 0.3 is 0 Å². The second-order valence-electron chi connectivity index (χ2n) is 6.10. The van der Waals surface area contributed by atoms with Crippen molar-refractivity contribution >= 4 is 27.3 Å². The van der Waals surface area contributed by atoms with E-state index in [2.05, 4.69) is 10.3 Å². The summed E-state index contributed by atoms with van der Waals surface area (Å²) < 4.78 is 28.3. The lowest BCUT2D eigenvalue weighted by Gasteiger charge is -2.15. The summed E-state index contributed by atoms with van der Waals surface area (Å²) >= 11 is 1.51. The number of nitrogens with zero attached hydrogens (tertiary/aromatic N) is 1. The van der Waals surface area contributed by atoms with Crippen LogP contribution in [0.4, 0.5) is 0 Å². The molecule has 3 aromatic rings. The van der Waals surface area contributed by atoms with Crippen LogP contribution in [0.2, 0.25) is 0 Å². The molecule has 0 spiro atoms. The average Bonchev–Trinajstić information content (AvgIpc) is 3.20. The maximum absolute atomic E-state index is 12.4. The zero-order chi connectivity index (χ0) is 20.1. The Kier molecular flexibility index (Phi) is 6.08. The van der Waals surface area contributed by atoms with Gasteiger partial charge in [0.1, 0.15) is 12.4 Å². The summed E-state index contributed by atoms with van der Waals surface area (Å²) in [5.41, 5.74) is 3.86. The van der Waals surface area contributed by atoms with Crippen LogP contribution in [0.15, 0.2) is 64.3 Å². The van der Waals surface area contributed by atoms with Crippen molar-refractivity contribution in [1.29, 1.82) is 0 Å². The minimum atomic E-state index is -3.74. The summed E-state index contributed by atoms with van der Waals surface area (Å²) in [6.07, 6.45) is 0. The third kappa shape index (κ3) is 5.16. The highest BCUT2D eigenvalue weighted by Gasteiger charge is 2.13. The molecule has 0 saturated carbocycles. The molecule has 0 fully saturated rings. The smallest absolute Gasteiger partial charge is 0.251 e. The molecule has 28 heavy (non-hydrogen) atoms. The van der Waals surface area contributed by atoms with E-state index in [9.17, 15) is 13.2 Å². The minimum Gasteiger partial charge on any atom is -0.487 e. The lowest BCUT2D eigenvalue weighted by molar-refractivity contribution is 0.0940. The fourth-order valence-corrected chi connectivity index (χ4v) is 3.54. The molecule has 2 aromatic carbocycles. The van der Waals surface area contributed by atoms with E-state index in [-0.39, 0.29) is 16.8 Å². The number of thiazole rings is 1. The molecule has 1 atom stereocenters. The molecular weight excluding hydrogens is 398 g/mol. The van der Waals surface area contributed by atoms with E-state index in [0.29, 0.717) is 17.9 Å². The second kappa shape index (κ2) is 8.51. The van der Waals surface area contributed by atoms with Crippen LogP contribution in [-0.4, -0.2) is 19.3 Å². The van der Waals surface area contributed by atoms with Gasteiger partial charge in [-0.05, 0) is 48.9 Å². The number of carbonyl (C=O) groups is 1. The lowest BCUT2D eigenvalue weighted by Crippen LogP contribution is -2.26. The molecule has 1 aromatic heterocycles. The molecule has 146 valence electrons. The van der Waals surface area contributed by atoms with Crippen LogP contribution in [0.1, 0.15) is 34.6 Å². The Bertz CT molecular complexity index is 1030. The van der Waals surface area contributed by atoms with Gasteiger partial charge in [0, 0.05) is 10.9 Å². The van der Waals surface area contributed by atoms with Crippen LogP contribution in [0, 0.1) is 0 Å². The van der Waals surface area contributed by atoms with Gasteiger partial charge in [0.25, 0.3) is 5.91 Å². The van der Waals surface area contributed by atoms with E-state index in [4.69, 9.17) is 9.88 Å². The maximum atomic E-state index is 12.4. The molecule has 0 aliphatic rings. The summed E-state index contributed by atoms with van der Waals surface area (Å²) in [4.78, 5) is 16.6. The summed E-state index contributed by atoms with van der Waals surface area (Å²) in [6, 6.07) is 12.6. The number of hydrogen-bond acceptors (Lipinski definition) is 6. The van der Waals surface area contributed by atoms with E-state index in [1.54, 1.807) is 41.9 Å². The Morgan fingerprint density at radius 1 is 1.18 bits per heavy atom. The quantitative estimate of drug-likeness (QED) is 0.614. The Morgan fingerprint density at radius 3 is 2.43 bits per heavy atom. The van der Waals surface area contributed by atoms with Crippen molar-refractivity contribution in [3.63, 3.8) is 0 Å². The van der Waals surface area contributed by atoms with Crippen molar-refractivity contribution < 1.29 is 17.9 Å². The molecule has 7 nitrogen and oxygen atoms in total. The fourth-order valence-electron chi connectivity index (χ4n) is 2.48. The highest BCUT2D eigenvalue weighted by molar-refractivity contribution is 7.89. The van der Waals surface area contributed by atoms with Gasteiger partial charge in [0.05, 0.1) is 22.1 Å². The molecule has 0 unspecified atom stereocenters. The van der Waals surface area contributed by atoms with Gasteiger partial charge in [0.2, 0.25) is 10.0 Å². The van der Waals surface area contributed by atoms with Crippen molar-refractivity contribution in [3.05, 3.63) is 76.2 Å². The number of carbonyl (C=O) groups excluding carboxylic acids is 1. The largest absolute Gasteiger partial charge is 0.487 e. The van der Waals surface area contributed by atoms with Gasteiger partial charge in [-0.25, -0.2) is 18.5 Å². The Labute approximate surface area is 167 Å². The van der Waals surface area contributed by atoms with Gasteiger partial charge in [-0.15, -0.1) is 11.3 Å². The number of nitrogens with one attached hydrogen (secondary N) is 1. The Balaban J connectivity index is 1.59. The summed E-state index contributed by atoms with van der Waals surface area (Å²) in [6.45, 7) is 2.19. The molecule has 0 aliphatic carbocycles. The molecule has 9 heteroatoms. The minimum absolute atomic E-state index is 0.0306. The van der Waals surface area contributed by atoms with E-state index >= 15 is 0 Å². The number of sulfonamides is 1. The fraction of sp³-hybridized carbons (Fsp3) is 0.158. The molecule has 0 aliphatic heterocycles. The van der Waals surface area contributed by atoms with E-state index < -0.39 is 10.0 Å². The first kappa shape index (κ1) is 20.0. The third-order valence-corrected chi connectivity index (χ3v) is 5.61. The highest BCUT2D eigenvalue weighted by atomic mass is 32.2. The third-order valence-electron chi connectivity index (χ3n) is 4.04. The lowest BCUT2D eigenvalue weighted by atomic mass is 10.1. The van der Waals surface area contributed by atoms with E-state index in [0.717, 1.165) is 11.3 Å². The molecule has 3 N–H and O–H groups in total. The predicted octanol–water partition coefficient (Wildman–Crippen LogP) is 2.86. The first-order valence-corrected chi connectivity index (χ1v) is 10.9. The van der Waals surface area contributed by atoms with E-state index in [1.165, 1.54) is 23.5 Å². The van der Waals surface area contributed by atoms with E-state index in [1.807, 2.05) is 12.3 Å². The van der Waals surface area contributed by atoms with Crippen LogP contribution >= 0.6 is 11.3 Å². The SMILES string of the molecule is C[C@@H](NC(=O)c1ccc(OCc2cscn2)cc1)c1ccc(S(N)(=O)=O)cc1. The standard InChI is InChI=1S/C19H19N3O4S2/c1-13(14-4-8-18(9-5-14)28(20,24)25)22-19(23)15-2-6-17(7-3-15)26-10-16-11-27-12-21-16/h2-9,11-13H,10H2,1H3,(H,22,23)(H2,20,24,25)/t13-/m1/s1. The van der Waals surface area contributed by atoms with Crippen molar-refractivity contribution in [2.24, 2.45) is 5.14 Å². The Hall–Kier alpha value is -2.75. The zero-order valence-corrected chi connectivity index (χ0v) is 16.7.